The highest BCUT2D eigenvalue weighted by Crippen LogP contribution is 2.28. The third-order valence-corrected chi connectivity index (χ3v) is 2.88. The molecule has 1 aromatic carbocycles. The van der Waals surface area contributed by atoms with E-state index < -0.39 is 0 Å². The third-order valence-electron chi connectivity index (χ3n) is 2.88. The Labute approximate surface area is 120 Å². The lowest BCUT2D eigenvalue weighted by Gasteiger charge is -2.04. The van der Waals surface area contributed by atoms with Crippen LogP contribution in [0.1, 0.15) is 5.56 Å². The van der Waals surface area contributed by atoms with Crippen LogP contribution in [-0.4, -0.2) is 27.2 Å². The van der Waals surface area contributed by atoms with Gasteiger partial charge in [0.05, 0.1) is 12.8 Å². The Hall–Kier alpha value is -2.96. The average molecular weight is 283 g/mol. The van der Waals surface area contributed by atoms with Gasteiger partial charge in [-0.2, -0.15) is 4.98 Å². The summed E-state index contributed by atoms with van der Waals surface area (Å²) < 4.78 is 10.3. The molecule has 3 aromatic rings. The molecule has 0 aliphatic heterocycles. The van der Waals surface area contributed by atoms with E-state index in [4.69, 9.17) is 15.0 Å². The molecule has 0 aliphatic carbocycles. The Morgan fingerprint density at radius 2 is 1.90 bits per heavy atom. The number of methoxy groups -OCH3 is 1. The van der Waals surface area contributed by atoms with Crippen molar-refractivity contribution in [2.45, 2.75) is 6.92 Å². The first-order valence-electron chi connectivity index (χ1n) is 6.24. The summed E-state index contributed by atoms with van der Waals surface area (Å²) in [6.07, 6.45) is 3.40. The second-order valence-corrected chi connectivity index (χ2v) is 4.46. The van der Waals surface area contributed by atoms with Crippen molar-refractivity contribution < 1.29 is 9.26 Å². The number of nitrogen functional groups attached to an aromatic ring is 1. The Kier molecular flexibility index (Phi) is 3.23. The van der Waals surface area contributed by atoms with Crippen molar-refractivity contribution in [1.29, 1.82) is 0 Å². The molecule has 21 heavy (non-hydrogen) atoms. The normalized spacial score (nSPS) is 10.6. The van der Waals surface area contributed by atoms with Gasteiger partial charge in [-0.1, -0.05) is 5.16 Å². The summed E-state index contributed by atoms with van der Waals surface area (Å²) in [5.41, 5.74) is 8.04. The van der Waals surface area contributed by atoms with Crippen LogP contribution in [0.3, 0.4) is 0 Å². The third kappa shape index (κ3) is 2.53. The van der Waals surface area contributed by atoms with Crippen LogP contribution in [0.4, 0.5) is 5.69 Å². The maximum Gasteiger partial charge on any atom is 0.258 e. The SMILES string of the molecule is COc1ccc(-c2nc(-c3ncc(C)cn3)no2)cc1N. The molecule has 0 unspecified atom stereocenters. The molecule has 2 heterocycles. The van der Waals surface area contributed by atoms with Crippen LogP contribution < -0.4 is 10.5 Å². The first-order chi connectivity index (χ1) is 10.2. The van der Waals surface area contributed by atoms with Gasteiger partial charge in [-0.05, 0) is 30.7 Å². The van der Waals surface area contributed by atoms with Crippen LogP contribution in [-0.2, 0) is 0 Å². The van der Waals surface area contributed by atoms with E-state index >= 15 is 0 Å². The number of nitrogens with zero attached hydrogens (tertiary/aromatic N) is 4. The lowest BCUT2D eigenvalue weighted by molar-refractivity contribution is 0.416. The Bertz CT molecular complexity index is 767. The number of ether oxygens (including phenoxy) is 1. The predicted octanol–water partition coefficient (Wildman–Crippen LogP) is 2.09. The molecule has 0 aliphatic rings. The first kappa shape index (κ1) is 13.0. The van der Waals surface area contributed by atoms with Crippen molar-refractivity contribution in [2.24, 2.45) is 0 Å². The molecule has 2 N–H and O–H groups in total. The first-order valence-corrected chi connectivity index (χ1v) is 6.24. The van der Waals surface area contributed by atoms with E-state index in [0.717, 1.165) is 5.56 Å². The van der Waals surface area contributed by atoms with Crippen LogP contribution in [0.15, 0.2) is 35.1 Å². The predicted molar refractivity (Wildman–Crippen MR) is 76.5 cm³/mol. The zero-order valence-electron chi connectivity index (χ0n) is 11.6. The van der Waals surface area contributed by atoms with Gasteiger partial charge in [0.1, 0.15) is 5.75 Å². The molecule has 0 atom stereocenters. The highest BCUT2D eigenvalue weighted by molar-refractivity contribution is 5.66. The standard InChI is InChI=1S/C14H13N5O2/c1-8-6-16-12(17-7-8)13-18-14(21-19-13)9-3-4-11(20-2)10(15)5-9/h3-7H,15H2,1-2H3. The summed E-state index contributed by atoms with van der Waals surface area (Å²) in [7, 11) is 1.56. The second kappa shape index (κ2) is 5.20. The van der Waals surface area contributed by atoms with Crippen LogP contribution in [0.5, 0.6) is 5.75 Å². The molecule has 0 saturated carbocycles. The van der Waals surface area contributed by atoms with E-state index in [0.29, 0.717) is 34.5 Å². The van der Waals surface area contributed by atoms with Crippen LogP contribution in [0, 0.1) is 6.92 Å². The van der Waals surface area contributed by atoms with Gasteiger partial charge in [0.2, 0.25) is 11.6 Å². The second-order valence-electron chi connectivity index (χ2n) is 4.46. The molecule has 106 valence electrons. The van der Waals surface area contributed by atoms with Gasteiger partial charge in [-0.25, -0.2) is 9.97 Å². The Balaban J connectivity index is 1.94. The maximum atomic E-state index is 5.86. The molecule has 2 aromatic heterocycles. The lowest BCUT2D eigenvalue weighted by Crippen LogP contribution is -1.93. The quantitative estimate of drug-likeness (QED) is 0.734. The molecular formula is C14H13N5O2. The fraction of sp³-hybridized carbons (Fsp3) is 0.143. The highest BCUT2D eigenvalue weighted by atomic mass is 16.5. The highest BCUT2D eigenvalue weighted by Gasteiger charge is 2.13. The van der Waals surface area contributed by atoms with Gasteiger partial charge in [0.15, 0.2) is 0 Å². The maximum absolute atomic E-state index is 5.86. The smallest absolute Gasteiger partial charge is 0.258 e. The summed E-state index contributed by atoms with van der Waals surface area (Å²) in [4.78, 5) is 12.6. The monoisotopic (exact) mass is 283 g/mol. The van der Waals surface area contributed by atoms with Crippen molar-refractivity contribution in [3.8, 4) is 28.9 Å². The summed E-state index contributed by atoms with van der Waals surface area (Å²) >= 11 is 0. The van der Waals surface area contributed by atoms with Gasteiger partial charge >= 0.3 is 0 Å². The van der Waals surface area contributed by atoms with E-state index in [1.54, 1.807) is 37.7 Å². The van der Waals surface area contributed by atoms with Crippen molar-refractivity contribution in [3.63, 3.8) is 0 Å². The fourth-order valence-electron chi connectivity index (χ4n) is 1.81. The Morgan fingerprint density at radius 1 is 1.14 bits per heavy atom. The molecule has 3 rings (SSSR count). The zero-order valence-corrected chi connectivity index (χ0v) is 11.6. The van der Waals surface area contributed by atoms with Crippen molar-refractivity contribution >= 4 is 5.69 Å². The number of hydrogen-bond donors (Lipinski definition) is 1. The van der Waals surface area contributed by atoms with Crippen LogP contribution >= 0.6 is 0 Å². The summed E-state index contributed by atoms with van der Waals surface area (Å²) in [5, 5.41) is 3.88. The minimum Gasteiger partial charge on any atom is -0.495 e. The topological polar surface area (TPSA) is 100.0 Å². The average Bonchev–Trinajstić information content (AvgIpc) is 2.98. The van der Waals surface area contributed by atoms with Crippen LogP contribution in [0.2, 0.25) is 0 Å². The number of aryl methyl sites for hydroxylation is 1. The molecule has 0 bridgehead atoms. The Morgan fingerprint density at radius 3 is 2.57 bits per heavy atom. The van der Waals surface area contributed by atoms with Gasteiger partial charge in [0, 0.05) is 18.0 Å². The molecule has 7 heteroatoms. The van der Waals surface area contributed by atoms with Crippen molar-refractivity contribution in [2.75, 3.05) is 12.8 Å². The number of hydrogen-bond acceptors (Lipinski definition) is 7. The molecule has 0 saturated heterocycles. The van der Waals surface area contributed by atoms with Crippen molar-refractivity contribution in [1.82, 2.24) is 20.1 Å². The number of benzene rings is 1. The molecule has 0 spiro atoms. The minimum absolute atomic E-state index is 0.333. The fourth-order valence-corrected chi connectivity index (χ4v) is 1.81. The minimum atomic E-state index is 0.333. The molecule has 7 nitrogen and oxygen atoms in total. The molecular weight excluding hydrogens is 270 g/mol. The van der Waals surface area contributed by atoms with E-state index in [1.807, 2.05) is 6.92 Å². The van der Waals surface area contributed by atoms with Gasteiger partial charge in [-0.3, -0.25) is 0 Å². The summed E-state index contributed by atoms with van der Waals surface area (Å²) in [6, 6.07) is 5.26. The number of anilines is 1. The van der Waals surface area contributed by atoms with Gasteiger partial charge in [0.25, 0.3) is 5.89 Å². The van der Waals surface area contributed by atoms with Crippen LogP contribution in [0.25, 0.3) is 23.1 Å². The largest absolute Gasteiger partial charge is 0.495 e. The number of rotatable bonds is 3. The molecule has 0 amide bonds. The van der Waals surface area contributed by atoms with E-state index in [9.17, 15) is 0 Å². The summed E-state index contributed by atoms with van der Waals surface area (Å²) in [6.45, 7) is 1.91. The van der Waals surface area contributed by atoms with Crippen molar-refractivity contribution in [3.05, 3.63) is 36.2 Å². The molecule has 0 fully saturated rings. The van der Waals surface area contributed by atoms with E-state index in [2.05, 4.69) is 20.1 Å². The number of aromatic nitrogens is 4. The molecule has 0 radical (unpaired) electrons. The summed E-state index contributed by atoms with van der Waals surface area (Å²) in [5.74, 6) is 1.69. The van der Waals surface area contributed by atoms with Gasteiger partial charge in [-0.15, -0.1) is 0 Å². The zero-order chi connectivity index (χ0) is 14.8. The lowest BCUT2D eigenvalue weighted by atomic mass is 10.2. The van der Waals surface area contributed by atoms with Gasteiger partial charge < -0.3 is 15.0 Å². The number of nitrogens with two attached hydrogens (primary N) is 1. The van der Waals surface area contributed by atoms with E-state index in [1.165, 1.54) is 0 Å². The van der Waals surface area contributed by atoms with E-state index in [-0.39, 0.29) is 0 Å².